The van der Waals surface area contributed by atoms with Crippen molar-refractivity contribution in [2.45, 2.75) is 26.2 Å². The number of aryl methyl sites for hydroxylation is 2. The summed E-state index contributed by atoms with van der Waals surface area (Å²) in [5.74, 6) is 0.889. The zero-order chi connectivity index (χ0) is 11.5. The Morgan fingerprint density at radius 1 is 1.25 bits per heavy atom. The standard InChI is InChI=1S/C14H21NO/c1-10-5-11(2)7-12(6-10)14-3-4-15-8-13(14)9-16/h5-7,13-16H,3-4,8-9H2,1-2H3. The smallest absolute Gasteiger partial charge is 0.0477 e. The third-order valence-corrected chi connectivity index (χ3v) is 3.51. The van der Waals surface area contributed by atoms with Gasteiger partial charge in [0.05, 0.1) is 0 Å². The zero-order valence-electron chi connectivity index (χ0n) is 10.2. The average molecular weight is 219 g/mol. The second kappa shape index (κ2) is 4.98. The molecule has 1 fully saturated rings. The van der Waals surface area contributed by atoms with Gasteiger partial charge in [-0.3, -0.25) is 0 Å². The first-order chi connectivity index (χ1) is 7.70. The number of nitrogens with one attached hydrogen (secondary N) is 1. The summed E-state index contributed by atoms with van der Waals surface area (Å²) < 4.78 is 0. The first-order valence-corrected chi connectivity index (χ1v) is 6.10. The van der Waals surface area contributed by atoms with Gasteiger partial charge in [-0.1, -0.05) is 29.3 Å². The van der Waals surface area contributed by atoms with Crippen molar-refractivity contribution in [3.63, 3.8) is 0 Å². The van der Waals surface area contributed by atoms with Crippen molar-refractivity contribution in [2.24, 2.45) is 5.92 Å². The summed E-state index contributed by atoms with van der Waals surface area (Å²) in [5, 5.41) is 12.8. The summed E-state index contributed by atoms with van der Waals surface area (Å²) in [5.41, 5.74) is 4.05. The van der Waals surface area contributed by atoms with E-state index in [1.165, 1.54) is 16.7 Å². The molecule has 16 heavy (non-hydrogen) atoms. The lowest BCUT2D eigenvalue weighted by molar-refractivity contribution is 0.179. The van der Waals surface area contributed by atoms with Gasteiger partial charge in [-0.25, -0.2) is 0 Å². The van der Waals surface area contributed by atoms with E-state index >= 15 is 0 Å². The van der Waals surface area contributed by atoms with E-state index in [0.717, 1.165) is 19.5 Å². The number of piperidine rings is 1. The molecule has 88 valence electrons. The second-order valence-corrected chi connectivity index (χ2v) is 4.96. The Bertz CT molecular complexity index is 342. The molecule has 2 unspecified atom stereocenters. The highest BCUT2D eigenvalue weighted by Crippen LogP contribution is 2.31. The van der Waals surface area contributed by atoms with Crippen LogP contribution in [0, 0.1) is 19.8 Å². The van der Waals surface area contributed by atoms with Gasteiger partial charge >= 0.3 is 0 Å². The fourth-order valence-electron chi connectivity index (χ4n) is 2.78. The van der Waals surface area contributed by atoms with Gasteiger partial charge in [-0.15, -0.1) is 0 Å². The maximum absolute atomic E-state index is 9.42. The Balaban J connectivity index is 2.26. The molecule has 1 aliphatic rings. The number of hydrogen-bond donors (Lipinski definition) is 2. The molecule has 0 aliphatic carbocycles. The molecule has 2 nitrogen and oxygen atoms in total. The number of rotatable bonds is 2. The minimum Gasteiger partial charge on any atom is -0.396 e. The van der Waals surface area contributed by atoms with E-state index in [1.807, 2.05) is 0 Å². The molecule has 0 aromatic heterocycles. The van der Waals surface area contributed by atoms with Crippen LogP contribution in [0.1, 0.15) is 29.0 Å². The molecule has 2 atom stereocenters. The third-order valence-electron chi connectivity index (χ3n) is 3.51. The molecule has 0 spiro atoms. The van der Waals surface area contributed by atoms with Crippen molar-refractivity contribution in [2.75, 3.05) is 19.7 Å². The minimum atomic E-state index is 0.282. The molecule has 2 heteroatoms. The number of hydrogen-bond acceptors (Lipinski definition) is 2. The van der Waals surface area contributed by atoms with Gasteiger partial charge in [0.2, 0.25) is 0 Å². The zero-order valence-corrected chi connectivity index (χ0v) is 10.2. The third kappa shape index (κ3) is 2.45. The Labute approximate surface area is 97.7 Å². The van der Waals surface area contributed by atoms with Crippen LogP contribution in [0.5, 0.6) is 0 Å². The Morgan fingerprint density at radius 2 is 1.94 bits per heavy atom. The molecule has 0 bridgehead atoms. The summed E-state index contributed by atoms with van der Waals surface area (Å²) in [4.78, 5) is 0. The van der Waals surface area contributed by atoms with Crippen LogP contribution in [0.2, 0.25) is 0 Å². The Hall–Kier alpha value is -0.860. The van der Waals surface area contributed by atoms with Crippen LogP contribution in [0.4, 0.5) is 0 Å². The van der Waals surface area contributed by atoms with Gasteiger partial charge in [0.1, 0.15) is 0 Å². The topological polar surface area (TPSA) is 32.3 Å². The molecule has 1 aromatic rings. The van der Waals surface area contributed by atoms with Gasteiger partial charge in [0.15, 0.2) is 0 Å². The van der Waals surface area contributed by atoms with E-state index in [1.54, 1.807) is 0 Å². The largest absolute Gasteiger partial charge is 0.396 e. The molecule has 1 heterocycles. The summed E-state index contributed by atoms with van der Waals surface area (Å²) in [7, 11) is 0. The van der Waals surface area contributed by atoms with Crippen LogP contribution >= 0.6 is 0 Å². The molecule has 2 rings (SSSR count). The fraction of sp³-hybridized carbons (Fsp3) is 0.571. The van der Waals surface area contributed by atoms with Crippen LogP contribution in [0.15, 0.2) is 18.2 Å². The molecule has 1 aliphatic heterocycles. The molecule has 0 amide bonds. The van der Waals surface area contributed by atoms with Crippen LogP contribution in [-0.2, 0) is 0 Å². The van der Waals surface area contributed by atoms with Crippen molar-refractivity contribution in [3.8, 4) is 0 Å². The predicted octanol–water partition coefficient (Wildman–Crippen LogP) is 1.99. The van der Waals surface area contributed by atoms with Gasteiger partial charge in [-0.2, -0.15) is 0 Å². The van der Waals surface area contributed by atoms with E-state index in [-0.39, 0.29) is 6.61 Å². The van der Waals surface area contributed by atoms with E-state index in [9.17, 15) is 5.11 Å². The lowest BCUT2D eigenvalue weighted by atomic mass is 9.81. The molecular weight excluding hydrogens is 198 g/mol. The average Bonchev–Trinajstić information content (AvgIpc) is 2.27. The summed E-state index contributed by atoms with van der Waals surface area (Å²) in [6, 6.07) is 6.75. The van der Waals surface area contributed by atoms with Crippen molar-refractivity contribution in [1.82, 2.24) is 5.32 Å². The van der Waals surface area contributed by atoms with Gasteiger partial charge < -0.3 is 10.4 Å². The first kappa shape index (κ1) is 11.6. The van der Waals surface area contributed by atoms with Crippen LogP contribution in [0.3, 0.4) is 0 Å². The number of aliphatic hydroxyl groups excluding tert-OH is 1. The molecule has 1 saturated heterocycles. The van der Waals surface area contributed by atoms with E-state index in [4.69, 9.17) is 0 Å². The van der Waals surface area contributed by atoms with Crippen molar-refractivity contribution < 1.29 is 5.11 Å². The van der Waals surface area contributed by atoms with Gasteiger partial charge in [-0.05, 0) is 38.3 Å². The molecular formula is C14H21NO. The number of benzene rings is 1. The first-order valence-electron chi connectivity index (χ1n) is 6.10. The highest BCUT2D eigenvalue weighted by molar-refractivity contribution is 5.31. The quantitative estimate of drug-likeness (QED) is 0.797. The highest BCUT2D eigenvalue weighted by atomic mass is 16.3. The maximum Gasteiger partial charge on any atom is 0.0477 e. The molecule has 0 radical (unpaired) electrons. The van der Waals surface area contributed by atoms with Crippen LogP contribution in [0.25, 0.3) is 0 Å². The maximum atomic E-state index is 9.42. The normalized spacial score (nSPS) is 25.7. The van der Waals surface area contributed by atoms with Crippen molar-refractivity contribution in [3.05, 3.63) is 34.9 Å². The van der Waals surface area contributed by atoms with Crippen molar-refractivity contribution in [1.29, 1.82) is 0 Å². The summed E-state index contributed by atoms with van der Waals surface area (Å²) >= 11 is 0. The van der Waals surface area contributed by atoms with Crippen LogP contribution in [-0.4, -0.2) is 24.8 Å². The lowest BCUT2D eigenvalue weighted by Gasteiger charge is -2.31. The number of aliphatic hydroxyl groups is 1. The highest BCUT2D eigenvalue weighted by Gasteiger charge is 2.25. The van der Waals surface area contributed by atoms with Gasteiger partial charge in [0, 0.05) is 19.1 Å². The predicted molar refractivity (Wildman–Crippen MR) is 66.7 cm³/mol. The minimum absolute atomic E-state index is 0.282. The Kier molecular flexibility index (Phi) is 3.62. The Morgan fingerprint density at radius 3 is 2.56 bits per heavy atom. The monoisotopic (exact) mass is 219 g/mol. The van der Waals surface area contributed by atoms with Gasteiger partial charge in [0.25, 0.3) is 0 Å². The fourth-order valence-corrected chi connectivity index (χ4v) is 2.78. The van der Waals surface area contributed by atoms with Crippen molar-refractivity contribution >= 4 is 0 Å². The van der Waals surface area contributed by atoms with E-state index in [2.05, 4.69) is 37.4 Å². The van der Waals surface area contributed by atoms with E-state index < -0.39 is 0 Å². The summed E-state index contributed by atoms with van der Waals surface area (Å²) in [6.07, 6.45) is 1.13. The van der Waals surface area contributed by atoms with E-state index in [0.29, 0.717) is 11.8 Å². The molecule has 2 N–H and O–H groups in total. The molecule has 1 aromatic carbocycles. The van der Waals surface area contributed by atoms with Crippen LogP contribution < -0.4 is 5.32 Å². The lowest BCUT2D eigenvalue weighted by Crippen LogP contribution is -2.37. The molecule has 0 saturated carbocycles. The SMILES string of the molecule is Cc1cc(C)cc(C2CCNCC2CO)c1. The summed E-state index contributed by atoms with van der Waals surface area (Å²) in [6.45, 7) is 6.57. The second-order valence-electron chi connectivity index (χ2n) is 4.96.